The lowest BCUT2D eigenvalue weighted by Gasteiger charge is -2.36. The highest BCUT2D eigenvalue weighted by atomic mass is 35.5. The standard InChI is InChI=1S/C16H24ClN3O3/c1-16(2,3)23-15(21)20-8-5-4-6-12(20)7-9-22-14-10-13(17)18-11-19-14/h10-12H,4-9H2,1-3H3. The van der Waals surface area contributed by atoms with Gasteiger partial charge in [-0.1, -0.05) is 11.6 Å². The molecule has 0 radical (unpaired) electrons. The van der Waals surface area contributed by atoms with Crippen LogP contribution in [0.1, 0.15) is 46.5 Å². The van der Waals surface area contributed by atoms with Crippen molar-refractivity contribution in [3.8, 4) is 5.88 Å². The van der Waals surface area contributed by atoms with Gasteiger partial charge in [0.2, 0.25) is 5.88 Å². The van der Waals surface area contributed by atoms with Gasteiger partial charge in [-0.3, -0.25) is 0 Å². The Morgan fingerprint density at radius 2 is 2.17 bits per heavy atom. The molecule has 7 heteroatoms. The molecule has 2 rings (SSSR count). The summed E-state index contributed by atoms with van der Waals surface area (Å²) in [7, 11) is 0. The number of likely N-dealkylation sites (tertiary alicyclic amines) is 1. The normalized spacial score (nSPS) is 18.6. The van der Waals surface area contributed by atoms with Crippen molar-refractivity contribution in [2.45, 2.75) is 58.1 Å². The van der Waals surface area contributed by atoms with Crippen molar-refractivity contribution in [2.75, 3.05) is 13.2 Å². The zero-order valence-electron chi connectivity index (χ0n) is 13.9. The van der Waals surface area contributed by atoms with Gasteiger partial charge in [-0.05, 0) is 40.0 Å². The van der Waals surface area contributed by atoms with E-state index in [2.05, 4.69) is 9.97 Å². The fourth-order valence-electron chi connectivity index (χ4n) is 2.56. The second-order valence-electron chi connectivity index (χ2n) is 6.64. The van der Waals surface area contributed by atoms with Crippen LogP contribution in [0.3, 0.4) is 0 Å². The number of carbonyl (C=O) groups is 1. The van der Waals surface area contributed by atoms with E-state index in [1.54, 1.807) is 6.07 Å². The molecule has 6 nitrogen and oxygen atoms in total. The number of carbonyl (C=O) groups excluding carboxylic acids is 1. The molecule has 0 aliphatic carbocycles. The van der Waals surface area contributed by atoms with E-state index in [9.17, 15) is 4.79 Å². The van der Waals surface area contributed by atoms with Crippen molar-refractivity contribution in [1.82, 2.24) is 14.9 Å². The summed E-state index contributed by atoms with van der Waals surface area (Å²) in [6.07, 6.45) is 4.95. The number of hydrogen-bond acceptors (Lipinski definition) is 5. The van der Waals surface area contributed by atoms with Crippen LogP contribution in [-0.4, -0.2) is 45.8 Å². The molecule has 1 aromatic rings. The van der Waals surface area contributed by atoms with Crippen molar-refractivity contribution in [3.05, 3.63) is 17.5 Å². The predicted molar refractivity (Wildman–Crippen MR) is 87.7 cm³/mol. The van der Waals surface area contributed by atoms with E-state index >= 15 is 0 Å². The van der Waals surface area contributed by atoms with Gasteiger partial charge in [0, 0.05) is 25.1 Å². The van der Waals surface area contributed by atoms with Crippen molar-refractivity contribution < 1.29 is 14.3 Å². The quantitative estimate of drug-likeness (QED) is 0.781. The first-order chi connectivity index (χ1) is 10.8. The Morgan fingerprint density at radius 3 is 2.87 bits per heavy atom. The van der Waals surface area contributed by atoms with Gasteiger partial charge in [-0.25, -0.2) is 14.8 Å². The maximum Gasteiger partial charge on any atom is 0.410 e. The van der Waals surface area contributed by atoms with E-state index in [1.807, 2.05) is 25.7 Å². The van der Waals surface area contributed by atoms with Crippen molar-refractivity contribution in [1.29, 1.82) is 0 Å². The summed E-state index contributed by atoms with van der Waals surface area (Å²) < 4.78 is 11.1. The molecule has 1 aliphatic rings. The van der Waals surface area contributed by atoms with Gasteiger partial charge in [-0.15, -0.1) is 0 Å². The minimum absolute atomic E-state index is 0.135. The first kappa shape index (κ1) is 17.8. The van der Waals surface area contributed by atoms with Crippen LogP contribution in [0.2, 0.25) is 5.15 Å². The molecule has 1 saturated heterocycles. The zero-order valence-corrected chi connectivity index (χ0v) is 14.7. The van der Waals surface area contributed by atoms with Crippen LogP contribution >= 0.6 is 11.6 Å². The monoisotopic (exact) mass is 341 g/mol. The molecule has 0 bridgehead atoms. The topological polar surface area (TPSA) is 64.5 Å². The summed E-state index contributed by atoms with van der Waals surface area (Å²) in [6.45, 7) is 6.85. The fourth-order valence-corrected chi connectivity index (χ4v) is 2.69. The van der Waals surface area contributed by atoms with E-state index in [0.717, 1.165) is 32.2 Å². The van der Waals surface area contributed by atoms with E-state index in [0.29, 0.717) is 17.6 Å². The van der Waals surface area contributed by atoms with Crippen LogP contribution in [0.15, 0.2) is 12.4 Å². The summed E-state index contributed by atoms with van der Waals surface area (Å²) in [6, 6.07) is 1.71. The number of amides is 1. The molecule has 0 aromatic carbocycles. The second kappa shape index (κ2) is 7.81. The van der Waals surface area contributed by atoms with Crippen molar-refractivity contribution in [2.24, 2.45) is 0 Å². The third-order valence-electron chi connectivity index (χ3n) is 3.56. The highest BCUT2D eigenvalue weighted by Gasteiger charge is 2.30. The van der Waals surface area contributed by atoms with Gasteiger partial charge in [0.25, 0.3) is 0 Å². The lowest BCUT2D eigenvalue weighted by Crippen LogP contribution is -2.46. The highest BCUT2D eigenvalue weighted by molar-refractivity contribution is 6.29. The lowest BCUT2D eigenvalue weighted by atomic mass is 10.0. The molecular formula is C16H24ClN3O3. The summed E-state index contributed by atoms with van der Waals surface area (Å²) in [5, 5.41) is 0.350. The molecule has 1 atom stereocenters. The van der Waals surface area contributed by atoms with Gasteiger partial charge in [-0.2, -0.15) is 0 Å². The van der Waals surface area contributed by atoms with Crippen LogP contribution in [0.5, 0.6) is 5.88 Å². The van der Waals surface area contributed by atoms with Crippen LogP contribution in [0.25, 0.3) is 0 Å². The van der Waals surface area contributed by atoms with E-state index < -0.39 is 5.60 Å². The molecule has 1 fully saturated rings. The molecule has 1 aromatic heterocycles. The van der Waals surface area contributed by atoms with E-state index in [-0.39, 0.29) is 12.1 Å². The van der Waals surface area contributed by atoms with Crippen molar-refractivity contribution >= 4 is 17.7 Å². The van der Waals surface area contributed by atoms with Gasteiger partial charge in [0.05, 0.1) is 6.61 Å². The Kier molecular flexibility index (Phi) is 6.04. The fraction of sp³-hybridized carbons (Fsp3) is 0.688. The number of hydrogen-bond donors (Lipinski definition) is 0. The largest absolute Gasteiger partial charge is 0.477 e. The van der Waals surface area contributed by atoms with E-state index in [1.165, 1.54) is 6.33 Å². The van der Waals surface area contributed by atoms with Crippen LogP contribution < -0.4 is 4.74 Å². The average molecular weight is 342 g/mol. The lowest BCUT2D eigenvalue weighted by molar-refractivity contribution is 0.00738. The maximum atomic E-state index is 12.3. The smallest absolute Gasteiger partial charge is 0.410 e. The third kappa shape index (κ3) is 5.86. The summed E-state index contributed by atoms with van der Waals surface area (Å²) >= 11 is 5.80. The minimum atomic E-state index is -0.479. The molecule has 2 heterocycles. The van der Waals surface area contributed by atoms with Crippen molar-refractivity contribution in [3.63, 3.8) is 0 Å². The van der Waals surface area contributed by atoms with Gasteiger partial charge < -0.3 is 14.4 Å². The first-order valence-corrected chi connectivity index (χ1v) is 8.33. The zero-order chi connectivity index (χ0) is 16.9. The summed E-state index contributed by atoms with van der Waals surface area (Å²) in [5.41, 5.74) is -0.479. The summed E-state index contributed by atoms with van der Waals surface area (Å²) in [4.78, 5) is 22.0. The Balaban J connectivity index is 1.87. The summed E-state index contributed by atoms with van der Waals surface area (Å²) in [5.74, 6) is 0.449. The number of piperidine rings is 1. The molecule has 128 valence electrons. The molecule has 1 unspecified atom stereocenters. The number of aromatic nitrogens is 2. The number of nitrogens with zero attached hydrogens (tertiary/aromatic N) is 3. The first-order valence-electron chi connectivity index (χ1n) is 7.95. The van der Waals surface area contributed by atoms with Crippen LogP contribution in [0, 0.1) is 0 Å². The Bertz CT molecular complexity index is 534. The molecule has 0 spiro atoms. The molecule has 23 heavy (non-hydrogen) atoms. The molecular weight excluding hydrogens is 318 g/mol. The molecule has 1 aliphatic heterocycles. The number of ether oxygens (including phenoxy) is 2. The highest BCUT2D eigenvalue weighted by Crippen LogP contribution is 2.23. The Labute approximate surface area is 142 Å². The predicted octanol–water partition coefficient (Wildman–Crippen LogP) is 3.69. The van der Waals surface area contributed by atoms with Gasteiger partial charge in [0.1, 0.15) is 17.1 Å². The number of rotatable bonds is 4. The van der Waals surface area contributed by atoms with Crippen LogP contribution in [-0.2, 0) is 4.74 Å². The maximum absolute atomic E-state index is 12.3. The minimum Gasteiger partial charge on any atom is -0.477 e. The van der Waals surface area contributed by atoms with Crippen LogP contribution in [0.4, 0.5) is 4.79 Å². The molecule has 0 N–H and O–H groups in total. The Morgan fingerprint density at radius 1 is 1.39 bits per heavy atom. The average Bonchev–Trinajstić information content (AvgIpc) is 2.46. The molecule has 1 amide bonds. The van der Waals surface area contributed by atoms with E-state index in [4.69, 9.17) is 21.1 Å². The Hall–Kier alpha value is -1.56. The van der Waals surface area contributed by atoms with Gasteiger partial charge >= 0.3 is 6.09 Å². The molecule has 0 saturated carbocycles. The van der Waals surface area contributed by atoms with Gasteiger partial charge in [0.15, 0.2) is 0 Å². The third-order valence-corrected chi connectivity index (χ3v) is 3.77. The number of halogens is 1. The second-order valence-corrected chi connectivity index (χ2v) is 7.03. The SMILES string of the molecule is CC(C)(C)OC(=O)N1CCCCC1CCOc1cc(Cl)ncn1.